The average Bonchev–Trinajstić information content (AvgIpc) is 2.67. The Balaban J connectivity index is 1.87. The molecule has 6 nitrogen and oxygen atoms in total. The number of hydrogen-bond acceptors (Lipinski definition) is 5. The summed E-state index contributed by atoms with van der Waals surface area (Å²) in [5.74, 6) is 1.58. The van der Waals surface area contributed by atoms with Crippen molar-refractivity contribution in [1.29, 1.82) is 0 Å². The van der Waals surface area contributed by atoms with Crippen LogP contribution in [0, 0.1) is 0 Å². The molecule has 1 saturated heterocycles. The van der Waals surface area contributed by atoms with Gasteiger partial charge in [0.25, 0.3) is 0 Å². The first kappa shape index (κ1) is 17.0. The largest absolute Gasteiger partial charge is 0.366 e. The maximum Gasteiger partial charge on any atom is 0.227 e. The Hall–Kier alpha value is -2.89. The van der Waals surface area contributed by atoms with Gasteiger partial charge in [-0.15, -0.1) is 6.58 Å². The van der Waals surface area contributed by atoms with E-state index in [-0.39, 0.29) is 5.91 Å². The second-order valence-corrected chi connectivity index (χ2v) is 5.97. The highest BCUT2D eigenvalue weighted by molar-refractivity contribution is 5.73. The second kappa shape index (κ2) is 7.79. The summed E-state index contributed by atoms with van der Waals surface area (Å²) in [5.41, 5.74) is 1.93. The van der Waals surface area contributed by atoms with Crippen molar-refractivity contribution >= 4 is 17.7 Å². The smallest absolute Gasteiger partial charge is 0.227 e. The van der Waals surface area contributed by atoms with Crippen molar-refractivity contribution < 1.29 is 4.79 Å². The summed E-state index contributed by atoms with van der Waals surface area (Å²) < 4.78 is 0. The van der Waals surface area contributed by atoms with Gasteiger partial charge in [0.05, 0.1) is 5.69 Å². The number of hydrogen-bond donors (Lipinski definition) is 1. The van der Waals surface area contributed by atoms with Crippen LogP contribution in [0.1, 0.15) is 6.92 Å². The van der Waals surface area contributed by atoms with E-state index in [9.17, 15) is 4.79 Å². The first-order valence-electron chi connectivity index (χ1n) is 8.47. The molecule has 1 fully saturated rings. The van der Waals surface area contributed by atoms with E-state index >= 15 is 0 Å². The van der Waals surface area contributed by atoms with Gasteiger partial charge in [-0.2, -0.15) is 4.98 Å². The highest BCUT2D eigenvalue weighted by Crippen LogP contribution is 2.23. The van der Waals surface area contributed by atoms with Crippen LogP contribution in [-0.2, 0) is 4.79 Å². The fraction of sp³-hybridized carbons (Fsp3) is 0.316. The molecule has 1 N–H and O–H groups in total. The van der Waals surface area contributed by atoms with Gasteiger partial charge in [-0.05, 0) is 0 Å². The molecule has 1 aromatic carbocycles. The summed E-state index contributed by atoms with van der Waals surface area (Å²) in [6, 6.07) is 12.0. The molecule has 0 unspecified atom stereocenters. The van der Waals surface area contributed by atoms with Crippen LogP contribution >= 0.6 is 0 Å². The van der Waals surface area contributed by atoms with Crippen molar-refractivity contribution in [3.63, 3.8) is 0 Å². The monoisotopic (exact) mass is 337 g/mol. The molecule has 0 spiro atoms. The molecule has 2 heterocycles. The summed E-state index contributed by atoms with van der Waals surface area (Å²) >= 11 is 0. The minimum absolute atomic E-state index is 0.118. The normalized spacial score (nSPS) is 14.3. The number of nitrogens with one attached hydrogen (secondary N) is 1. The Morgan fingerprint density at radius 1 is 1.20 bits per heavy atom. The molecule has 1 aromatic heterocycles. The molecule has 0 saturated carbocycles. The molecule has 6 heteroatoms. The number of aromatic nitrogens is 2. The summed E-state index contributed by atoms with van der Waals surface area (Å²) in [5, 5.41) is 3.25. The van der Waals surface area contributed by atoms with Crippen molar-refractivity contribution in [3.05, 3.63) is 49.1 Å². The predicted molar refractivity (Wildman–Crippen MR) is 101 cm³/mol. The minimum atomic E-state index is 0.118. The third-order valence-corrected chi connectivity index (χ3v) is 4.22. The van der Waals surface area contributed by atoms with E-state index in [0.717, 1.165) is 30.2 Å². The van der Waals surface area contributed by atoms with Crippen LogP contribution in [0.4, 0.5) is 11.8 Å². The van der Waals surface area contributed by atoms with Gasteiger partial charge in [0.2, 0.25) is 11.9 Å². The number of nitrogens with zero attached hydrogens (tertiary/aromatic N) is 4. The molecule has 3 rings (SSSR count). The third kappa shape index (κ3) is 4.15. The molecule has 0 radical (unpaired) electrons. The highest BCUT2D eigenvalue weighted by atomic mass is 16.2. The molecule has 0 atom stereocenters. The van der Waals surface area contributed by atoms with Crippen LogP contribution in [0.3, 0.4) is 0 Å². The van der Waals surface area contributed by atoms with E-state index in [0.29, 0.717) is 25.6 Å². The Bertz CT molecular complexity index is 739. The summed E-state index contributed by atoms with van der Waals surface area (Å²) in [4.78, 5) is 24.9. The number of rotatable bonds is 5. The van der Waals surface area contributed by atoms with Gasteiger partial charge in [-0.25, -0.2) is 4.98 Å². The number of amides is 1. The topological polar surface area (TPSA) is 61.4 Å². The van der Waals surface area contributed by atoms with Crippen LogP contribution < -0.4 is 10.2 Å². The number of carbonyl (C=O) groups is 1. The first-order valence-corrected chi connectivity index (χ1v) is 8.47. The van der Waals surface area contributed by atoms with Crippen LogP contribution in [0.2, 0.25) is 0 Å². The molecule has 130 valence electrons. The van der Waals surface area contributed by atoms with Crippen molar-refractivity contribution in [2.24, 2.45) is 0 Å². The SMILES string of the molecule is C=CCNc1cc(-c2ccccc2)nc(N2CCN(C(C)=O)CC2)n1. The van der Waals surface area contributed by atoms with Crippen LogP contribution in [0.15, 0.2) is 49.1 Å². The number of carbonyl (C=O) groups excluding carboxylic acids is 1. The Labute approximate surface area is 148 Å². The number of piperazine rings is 1. The van der Waals surface area contributed by atoms with E-state index in [1.54, 1.807) is 13.0 Å². The Morgan fingerprint density at radius 2 is 1.92 bits per heavy atom. The molecule has 2 aromatic rings. The van der Waals surface area contributed by atoms with Crippen LogP contribution in [0.5, 0.6) is 0 Å². The highest BCUT2D eigenvalue weighted by Gasteiger charge is 2.21. The number of benzene rings is 1. The van der Waals surface area contributed by atoms with Gasteiger partial charge >= 0.3 is 0 Å². The molecule has 1 amide bonds. The Kier molecular flexibility index (Phi) is 5.28. The van der Waals surface area contributed by atoms with Gasteiger partial charge in [-0.3, -0.25) is 4.79 Å². The summed E-state index contributed by atoms with van der Waals surface area (Å²) in [6.45, 7) is 8.86. The molecule has 1 aliphatic heterocycles. The van der Waals surface area contributed by atoms with E-state index in [1.807, 2.05) is 41.3 Å². The molecular formula is C19H23N5O. The fourth-order valence-corrected chi connectivity index (χ4v) is 2.82. The van der Waals surface area contributed by atoms with Crippen molar-refractivity contribution in [2.45, 2.75) is 6.92 Å². The van der Waals surface area contributed by atoms with Gasteiger partial charge in [-0.1, -0.05) is 36.4 Å². The van der Waals surface area contributed by atoms with E-state index in [2.05, 4.69) is 21.8 Å². The van der Waals surface area contributed by atoms with Crippen LogP contribution in [-0.4, -0.2) is 53.5 Å². The van der Waals surface area contributed by atoms with Gasteiger partial charge in [0.15, 0.2) is 0 Å². The van der Waals surface area contributed by atoms with E-state index < -0.39 is 0 Å². The molecule has 25 heavy (non-hydrogen) atoms. The lowest BCUT2D eigenvalue weighted by Crippen LogP contribution is -2.48. The van der Waals surface area contributed by atoms with Gasteiger partial charge < -0.3 is 15.1 Å². The van der Waals surface area contributed by atoms with E-state index in [4.69, 9.17) is 4.98 Å². The Morgan fingerprint density at radius 3 is 2.56 bits per heavy atom. The lowest BCUT2D eigenvalue weighted by Gasteiger charge is -2.34. The average molecular weight is 337 g/mol. The zero-order valence-corrected chi connectivity index (χ0v) is 14.5. The molecule has 0 aliphatic carbocycles. The maximum absolute atomic E-state index is 11.5. The van der Waals surface area contributed by atoms with Crippen molar-refractivity contribution in [1.82, 2.24) is 14.9 Å². The maximum atomic E-state index is 11.5. The zero-order valence-electron chi connectivity index (χ0n) is 14.5. The van der Waals surface area contributed by atoms with Gasteiger partial charge in [0.1, 0.15) is 5.82 Å². The third-order valence-electron chi connectivity index (χ3n) is 4.22. The fourth-order valence-electron chi connectivity index (χ4n) is 2.82. The second-order valence-electron chi connectivity index (χ2n) is 5.97. The molecule has 1 aliphatic rings. The lowest BCUT2D eigenvalue weighted by molar-refractivity contribution is -0.129. The lowest BCUT2D eigenvalue weighted by atomic mass is 10.1. The van der Waals surface area contributed by atoms with Crippen molar-refractivity contribution in [3.8, 4) is 11.3 Å². The zero-order chi connectivity index (χ0) is 17.6. The standard InChI is InChI=1S/C19H23N5O/c1-3-9-20-18-14-17(16-7-5-4-6-8-16)21-19(22-18)24-12-10-23(11-13-24)15(2)25/h3-8,14H,1,9-13H2,2H3,(H,20,21,22). The van der Waals surface area contributed by atoms with Crippen LogP contribution in [0.25, 0.3) is 11.3 Å². The predicted octanol–water partition coefficient (Wildman–Crippen LogP) is 2.41. The van der Waals surface area contributed by atoms with Crippen molar-refractivity contribution in [2.75, 3.05) is 42.9 Å². The quantitative estimate of drug-likeness (QED) is 0.849. The first-order chi connectivity index (χ1) is 12.2. The molecular weight excluding hydrogens is 314 g/mol. The minimum Gasteiger partial charge on any atom is -0.366 e. The number of anilines is 2. The molecule has 0 bridgehead atoms. The summed E-state index contributed by atoms with van der Waals surface area (Å²) in [7, 11) is 0. The van der Waals surface area contributed by atoms with E-state index in [1.165, 1.54) is 0 Å². The summed E-state index contributed by atoms with van der Waals surface area (Å²) in [6.07, 6.45) is 1.80. The van der Waals surface area contributed by atoms with Gasteiger partial charge in [0, 0.05) is 51.3 Å².